The Morgan fingerprint density at radius 3 is 2.62 bits per heavy atom. The molecule has 0 saturated carbocycles. The molecule has 6 heteroatoms. The summed E-state index contributed by atoms with van der Waals surface area (Å²) in [7, 11) is 0. The van der Waals surface area contributed by atoms with E-state index in [2.05, 4.69) is 17.1 Å². The Balaban J connectivity index is 1.40. The zero-order chi connectivity index (χ0) is 25.9. The van der Waals surface area contributed by atoms with Gasteiger partial charge >= 0.3 is 0 Å². The number of hydrogen-bond donors (Lipinski definition) is 2. The van der Waals surface area contributed by atoms with Crippen LogP contribution in [0, 0.1) is 5.92 Å². The van der Waals surface area contributed by atoms with Gasteiger partial charge in [-0.2, -0.15) is 0 Å². The summed E-state index contributed by atoms with van der Waals surface area (Å²) in [6.45, 7) is 9.77. The van der Waals surface area contributed by atoms with E-state index in [1.54, 1.807) is 12.1 Å². The largest absolute Gasteiger partial charge is 0.508 e. The zero-order valence-corrected chi connectivity index (χ0v) is 21.7. The van der Waals surface area contributed by atoms with Crippen LogP contribution in [0.15, 0.2) is 66.7 Å². The Morgan fingerprint density at radius 2 is 1.89 bits per heavy atom. The number of nitrogens with zero attached hydrogens (tertiary/aromatic N) is 1. The van der Waals surface area contributed by atoms with Crippen molar-refractivity contribution in [2.75, 3.05) is 31.6 Å². The maximum atomic E-state index is 11.7. The summed E-state index contributed by atoms with van der Waals surface area (Å²) in [5.41, 5.74) is 5.53. The zero-order valence-electron chi connectivity index (χ0n) is 21.7. The van der Waals surface area contributed by atoms with Gasteiger partial charge in [-0.1, -0.05) is 37.6 Å². The van der Waals surface area contributed by atoms with Gasteiger partial charge in [-0.15, -0.1) is 0 Å². The van der Waals surface area contributed by atoms with E-state index in [0.717, 1.165) is 57.5 Å². The first-order chi connectivity index (χ1) is 17.9. The molecule has 37 heavy (non-hydrogen) atoms. The fourth-order valence-corrected chi connectivity index (χ4v) is 5.16. The van der Waals surface area contributed by atoms with Crippen LogP contribution >= 0.6 is 0 Å². The van der Waals surface area contributed by atoms with E-state index in [1.165, 1.54) is 26.4 Å². The van der Waals surface area contributed by atoms with Crippen molar-refractivity contribution in [1.82, 2.24) is 4.90 Å². The molecule has 2 aliphatic rings. The molecule has 1 saturated heterocycles. The molecule has 5 rings (SSSR count). The lowest BCUT2D eigenvalue weighted by molar-refractivity contribution is -0.114. The number of hydrogen-bond acceptors (Lipinski definition) is 5. The van der Waals surface area contributed by atoms with Crippen LogP contribution in [0.3, 0.4) is 0 Å². The van der Waals surface area contributed by atoms with Gasteiger partial charge in [0.2, 0.25) is 5.91 Å². The minimum absolute atomic E-state index is 0.121. The van der Waals surface area contributed by atoms with Gasteiger partial charge in [-0.3, -0.25) is 9.69 Å². The van der Waals surface area contributed by atoms with Crippen LogP contribution in [-0.2, 0) is 4.79 Å². The number of anilines is 1. The van der Waals surface area contributed by atoms with Gasteiger partial charge in [0.1, 0.15) is 30.0 Å². The quantitative estimate of drug-likeness (QED) is 0.391. The predicted octanol–water partition coefficient (Wildman–Crippen LogP) is 6.14. The second-order valence-electron chi connectivity index (χ2n) is 9.93. The molecule has 0 radical (unpaired) electrons. The second-order valence-corrected chi connectivity index (χ2v) is 9.93. The summed E-state index contributed by atoms with van der Waals surface area (Å²) < 4.78 is 12.5. The Morgan fingerprint density at radius 1 is 1.11 bits per heavy atom. The molecule has 2 aliphatic heterocycles. The van der Waals surface area contributed by atoms with Crippen molar-refractivity contribution in [3.8, 4) is 17.2 Å². The third-order valence-electron chi connectivity index (χ3n) is 7.24. The number of aromatic hydroxyl groups is 1. The fourth-order valence-electron chi connectivity index (χ4n) is 5.16. The molecule has 0 bridgehead atoms. The molecule has 3 aromatic rings. The maximum absolute atomic E-state index is 11.7. The van der Waals surface area contributed by atoms with Gasteiger partial charge in [0.15, 0.2) is 0 Å². The highest BCUT2D eigenvalue weighted by molar-refractivity contribution is 5.97. The molecule has 2 N–H and O–H groups in total. The highest BCUT2D eigenvalue weighted by atomic mass is 16.5. The molecule has 0 aromatic heterocycles. The molecule has 1 amide bonds. The second kappa shape index (κ2) is 10.7. The normalized spacial score (nSPS) is 17.5. The van der Waals surface area contributed by atoms with Crippen molar-refractivity contribution in [1.29, 1.82) is 0 Å². The summed E-state index contributed by atoms with van der Waals surface area (Å²) in [4.78, 5) is 14.1. The third-order valence-corrected chi connectivity index (χ3v) is 7.24. The first-order valence-electron chi connectivity index (χ1n) is 12.9. The molecule has 0 aliphatic carbocycles. The van der Waals surface area contributed by atoms with E-state index in [4.69, 9.17) is 9.47 Å². The molecule has 6 nitrogen and oxygen atoms in total. The van der Waals surface area contributed by atoms with Gasteiger partial charge in [0.25, 0.3) is 0 Å². The predicted molar refractivity (Wildman–Crippen MR) is 147 cm³/mol. The van der Waals surface area contributed by atoms with E-state index in [1.807, 2.05) is 61.5 Å². The summed E-state index contributed by atoms with van der Waals surface area (Å²) in [5, 5.41) is 13.0. The number of allylic oxidation sites excluding steroid dienone is 1. The number of likely N-dealkylation sites (tertiary alicyclic amines) is 1. The number of fused-ring (bicyclic) bond motifs is 1. The number of benzene rings is 3. The number of carbonyl (C=O) groups is 1. The van der Waals surface area contributed by atoms with Crippen LogP contribution < -0.4 is 14.8 Å². The minimum atomic E-state index is -0.356. The molecular weight excluding hydrogens is 464 g/mol. The average molecular weight is 499 g/mol. The monoisotopic (exact) mass is 498 g/mol. The summed E-state index contributed by atoms with van der Waals surface area (Å²) in [6.07, 6.45) is 0.895. The highest BCUT2D eigenvalue weighted by Gasteiger charge is 2.30. The molecule has 2 heterocycles. The van der Waals surface area contributed by atoms with Crippen LogP contribution in [0.1, 0.15) is 50.0 Å². The minimum Gasteiger partial charge on any atom is -0.508 e. The van der Waals surface area contributed by atoms with Crippen LogP contribution in [-0.4, -0.2) is 42.2 Å². The molecule has 192 valence electrons. The lowest BCUT2D eigenvalue weighted by atomic mass is 9.86. The van der Waals surface area contributed by atoms with Crippen LogP contribution in [0.5, 0.6) is 17.2 Å². The molecule has 1 fully saturated rings. The summed E-state index contributed by atoms with van der Waals surface area (Å²) in [5.74, 6) is 2.48. The standard InChI is InChI=1S/C31H34N2O4/c1-4-22-18-33(19-22)14-15-36-27-11-8-23(9-12-27)31-30(24-6-5-7-25(16-24)32-21(3)34)20(2)28-17-26(35)10-13-29(28)37-31/h5-13,16-17,22,31,35H,4,14-15,18-19H2,1-3H3,(H,32,34)/t31-/m1/s1. The van der Waals surface area contributed by atoms with Crippen LogP contribution in [0.2, 0.25) is 0 Å². The van der Waals surface area contributed by atoms with Crippen molar-refractivity contribution in [3.63, 3.8) is 0 Å². The topological polar surface area (TPSA) is 71.0 Å². The van der Waals surface area contributed by atoms with E-state index in [0.29, 0.717) is 6.61 Å². The molecule has 0 spiro atoms. The van der Waals surface area contributed by atoms with Crippen LogP contribution in [0.25, 0.3) is 11.1 Å². The van der Waals surface area contributed by atoms with Crippen molar-refractivity contribution >= 4 is 22.7 Å². The number of phenols is 1. The number of nitrogens with one attached hydrogen (secondary N) is 1. The van der Waals surface area contributed by atoms with Crippen molar-refractivity contribution in [2.24, 2.45) is 5.92 Å². The molecule has 0 unspecified atom stereocenters. The first-order valence-corrected chi connectivity index (χ1v) is 12.9. The lowest BCUT2D eigenvalue weighted by Crippen LogP contribution is -2.47. The fraction of sp³-hybridized carbons (Fsp3) is 0.323. The van der Waals surface area contributed by atoms with Gasteiger partial charge in [-0.25, -0.2) is 0 Å². The van der Waals surface area contributed by atoms with E-state index in [9.17, 15) is 9.90 Å². The highest BCUT2D eigenvalue weighted by Crippen LogP contribution is 2.47. The van der Waals surface area contributed by atoms with E-state index >= 15 is 0 Å². The number of amides is 1. The molecular formula is C31H34N2O4. The Bertz CT molecular complexity index is 1310. The third kappa shape index (κ3) is 5.49. The van der Waals surface area contributed by atoms with Crippen molar-refractivity contribution in [2.45, 2.75) is 33.3 Å². The first kappa shape index (κ1) is 24.9. The van der Waals surface area contributed by atoms with E-state index in [-0.39, 0.29) is 17.8 Å². The smallest absolute Gasteiger partial charge is 0.221 e. The van der Waals surface area contributed by atoms with Gasteiger partial charge in [0, 0.05) is 43.4 Å². The maximum Gasteiger partial charge on any atom is 0.221 e. The number of rotatable bonds is 8. The Hall–Kier alpha value is -3.77. The summed E-state index contributed by atoms with van der Waals surface area (Å²) >= 11 is 0. The number of carbonyl (C=O) groups excluding carboxylic acids is 1. The van der Waals surface area contributed by atoms with Crippen LogP contribution in [0.4, 0.5) is 5.69 Å². The van der Waals surface area contributed by atoms with Crippen molar-refractivity contribution < 1.29 is 19.4 Å². The Kier molecular flexibility index (Phi) is 7.19. The van der Waals surface area contributed by atoms with Gasteiger partial charge in [0.05, 0.1) is 0 Å². The number of phenolic OH excluding ortho intramolecular Hbond substituents is 1. The van der Waals surface area contributed by atoms with Crippen molar-refractivity contribution in [3.05, 3.63) is 83.4 Å². The summed E-state index contributed by atoms with van der Waals surface area (Å²) in [6, 6.07) is 21.0. The Labute approximate surface area is 218 Å². The van der Waals surface area contributed by atoms with Gasteiger partial charge < -0.3 is 19.9 Å². The SMILES string of the molecule is CCC1CN(CCOc2ccc([C@H]3Oc4ccc(O)cc4C(C)=C3c3cccc(NC(C)=O)c3)cc2)C1. The lowest BCUT2D eigenvalue weighted by Gasteiger charge is -2.38. The van der Waals surface area contributed by atoms with Gasteiger partial charge in [-0.05, 0) is 72.0 Å². The molecule has 3 aromatic carbocycles. The average Bonchev–Trinajstić information content (AvgIpc) is 2.86. The molecule has 1 atom stereocenters. The number of ether oxygens (including phenoxy) is 2. The van der Waals surface area contributed by atoms with E-state index < -0.39 is 0 Å².